The molecule has 0 aliphatic carbocycles. The molecule has 1 aromatic rings. The van der Waals surface area contributed by atoms with E-state index in [1.165, 1.54) is 11.1 Å². The summed E-state index contributed by atoms with van der Waals surface area (Å²) in [6.45, 7) is 10.7. The largest absolute Gasteiger partial charge is 0.396 e. The Labute approximate surface area is 123 Å². The van der Waals surface area contributed by atoms with Gasteiger partial charge in [-0.2, -0.15) is 0 Å². The lowest BCUT2D eigenvalue weighted by molar-refractivity contribution is 0.00578. The van der Waals surface area contributed by atoms with Gasteiger partial charge in [-0.15, -0.1) is 0 Å². The van der Waals surface area contributed by atoms with Crippen LogP contribution in [0.5, 0.6) is 0 Å². The number of aryl methyl sites for hydroxylation is 2. The summed E-state index contributed by atoms with van der Waals surface area (Å²) >= 11 is 0. The predicted octanol–water partition coefficient (Wildman–Crippen LogP) is 3.46. The average Bonchev–Trinajstić information content (AvgIpc) is 2.55. The number of benzene rings is 1. The summed E-state index contributed by atoms with van der Waals surface area (Å²) in [5, 5.41) is 10.1. The molecule has 0 bridgehead atoms. The maximum atomic E-state index is 8.90. The van der Waals surface area contributed by atoms with E-state index in [9.17, 15) is 0 Å². The molecular formula is C16H25O3P. The fourth-order valence-corrected chi connectivity index (χ4v) is 4.16. The lowest BCUT2D eigenvalue weighted by atomic mass is 9.90. The standard InChI is InChI=1S/C16H25O3P/c1-12-11-13(7-6-10-17)8-9-14(12)20-18-15(2,3)16(4,5)19-20/h8-9,11,17H,6-7,10H2,1-5H3. The number of hydrogen-bond acceptors (Lipinski definition) is 3. The van der Waals surface area contributed by atoms with Crippen LogP contribution in [-0.2, 0) is 15.5 Å². The zero-order chi connectivity index (χ0) is 15.0. The maximum absolute atomic E-state index is 8.90. The fourth-order valence-electron chi connectivity index (χ4n) is 2.11. The molecule has 0 unspecified atom stereocenters. The molecule has 1 fully saturated rings. The minimum atomic E-state index is -1.01. The molecule has 0 spiro atoms. The van der Waals surface area contributed by atoms with E-state index < -0.39 is 8.38 Å². The number of aliphatic hydroxyl groups excluding tert-OH is 1. The van der Waals surface area contributed by atoms with E-state index in [1.807, 2.05) is 0 Å². The van der Waals surface area contributed by atoms with Gasteiger partial charge >= 0.3 is 0 Å². The van der Waals surface area contributed by atoms with Crippen LogP contribution in [0.15, 0.2) is 18.2 Å². The van der Waals surface area contributed by atoms with Gasteiger partial charge in [0, 0.05) is 11.9 Å². The molecule has 4 heteroatoms. The second kappa shape index (κ2) is 5.73. The molecule has 2 rings (SSSR count). The summed E-state index contributed by atoms with van der Waals surface area (Å²) in [6, 6.07) is 6.41. The second-order valence-corrected chi connectivity index (χ2v) is 7.77. The van der Waals surface area contributed by atoms with E-state index in [-0.39, 0.29) is 17.8 Å². The third-order valence-electron chi connectivity index (χ3n) is 4.15. The minimum Gasteiger partial charge on any atom is -0.396 e. The number of rotatable bonds is 4. The lowest BCUT2D eigenvalue weighted by Gasteiger charge is -2.29. The average molecular weight is 296 g/mol. The first-order chi connectivity index (χ1) is 9.27. The first-order valence-corrected chi connectivity index (χ1v) is 8.33. The summed E-state index contributed by atoms with van der Waals surface area (Å²) in [6.07, 6.45) is 1.72. The Morgan fingerprint density at radius 3 is 2.20 bits per heavy atom. The highest BCUT2D eigenvalue weighted by atomic mass is 31.2. The Kier molecular flexibility index (Phi) is 4.56. The van der Waals surface area contributed by atoms with Gasteiger partial charge in [-0.25, -0.2) is 0 Å². The molecule has 0 aromatic heterocycles. The molecule has 0 atom stereocenters. The Hall–Kier alpha value is -0.470. The van der Waals surface area contributed by atoms with Crippen molar-refractivity contribution in [2.24, 2.45) is 0 Å². The summed E-state index contributed by atoms with van der Waals surface area (Å²) in [4.78, 5) is 0. The first-order valence-electron chi connectivity index (χ1n) is 7.15. The van der Waals surface area contributed by atoms with E-state index in [0.717, 1.165) is 18.1 Å². The first kappa shape index (κ1) is 15.9. The van der Waals surface area contributed by atoms with E-state index in [2.05, 4.69) is 52.8 Å². The zero-order valence-electron chi connectivity index (χ0n) is 13.1. The van der Waals surface area contributed by atoms with Gasteiger partial charge in [-0.05, 0) is 64.7 Å². The van der Waals surface area contributed by atoms with Crippen molar-refractivity contribution < 1.29 is 14.2 Å². The molecule has 3 nitrogen and oxygen atoms in total. The van der Waals surface area contributed by atoms with Crippen LogP contribution in [0.25, 0.3) is 0 Å². The molecule has 1 aliphatic rings. The van der Waals surface area contributed by atoms with Crippen molar-refractivity contribution in [1.82, 2.24) is 0 Å². The van der Waals surface area contributed by atoms with Gasteiger partial charge in [0.1, 0.15) is 0 Å². The van der Waals surface area contributed by atoms with Gasteiger partial charge in [0.2, 0.25) is 8.38 Å². The van der Waals surface area contributed by atoms with Gasteiger partial charge < -0.3 is 14.2 Å². The second-order valence-electron chi connectivity index (χ2n) is 6.41. The van der Waals surface area contributed by atoms with E-state index in [1.54, 1.807) is 0 Å². The molecule has 1 aromatic carbocycles. The molecule has 1 heterocycles. The lowest BCUT2D eigenvalue weighted by Crippen LogP contribution is -2.41. The van der Waals surface area contributed by atoms with E-state index in [4.69, 9.17) is 14.2 Å². The Bertz CT molecular complexity index is 467. The molecule has 20 heavy (non-hydrogen) atoms. The summed E-state index contributed by atoms with van der Waals surface area (Å²) in [5.74, 6) is 0. The van der Waals surface area contributed by atoms with Crippen molar-refractivity contribution in [3.05, 3.63) is 29.3 Å². The highest BCUT2D eigenvalue weighted by Crippen LogP contribution is 2.57. The van der Waals surface area contributed by atoms with Gasteiger partial charge in [0.05, 0.1) is 11.2 Å². The molecule has 1 N–H and O–H groups in total. The summed E-state index contributed by atoms with van der Waals surface area (Å²) < 4.78 is 12.3. The van der Waals surface area contributed by atoms with Crippen molar-refractivity contribution in [3.63, 3.8) is 0 Å². The molecule has 112 valence electrons. The van der Waals surface area contributed by atoms with E-state index >= 15 is 0 Å². The van der Waals surface area contributed by atoms with Crippen molar-refractivity contribution >= 4 is 13.7 Å². The minimum absolute atomic E-state index is 0.238. The van der Waals surface area contributed by atoms with Crippen LogP contribution in [-0.4, -0.2) is 22.9 Å². The Morgan fingerprint density at radius 2 is 1.70 bits per heavy atom. The topological polar surface area (TPSA) is 38.7 Å². The number of hydrogen-bond donors (Lipinski definition) is 1. The van der Waals surface area contributed by atoms with Crippen LogP contribution >= 0.6 is 8.38 Å². The van der Waals surface area contributed by atoms with Crippen LogP contribution in [0.3, 0.4) is 0 Å². The quantitative estimate of drug-likeness (QED) is 0.865. The Morgan fingerprint density at radius 1 is 1.10 bits per heavy atom. The highest BCUT2D eigenvalue weighted by molar-refractivity contribution is 7.56. The maximum Gasteiger partial charge on any atom is 0.206 e. The van der Waals surface area contributed by atoms with Crippen LogP contribution in [0.4, 0.5) is 0 Å². The monoisotopic (exact) mass is 296 g/mol. The van der Waals surface area contributed by atoms with Gasteiger partial charge in [-0.3, -0.25) is 0 Å². The van der Waals surface area contributed by atoms with Crippen LogP contribution in [0, 0.1) is 6.92 Å². The Balaban J connectivity index is 2.19. The molecule has 0 radical (unpaired) electrons. The summed E-state index contributed by atoms with van der Waals surface area (Å²) in [5.41, 5.74) is 1.91. The predicted molar refractivity (Wildman–Crippen MR) is 83.5 cm³/mol. The third kappa shape index (κ3) is 3.07. The molecule has 0 amide bonds. The molecule has 1 saturated heterocycles. The van der Waals surface area contributed by atoms with Crippen LogP contribution in [0.1, 0.15) is 45.2 Å². The molecule has 0 saturated carbocycles. The third-order valence-corrected chi connectivity index (χ3v) is 6.29. The van der Waals surface area contributed by atoms with Crippen molar-refractivity contribution in [1.29, 1.82) is 0 Å². The van der Waals surface area contributed by atoms with Crippen molar-refractivity contribution in [2.45, 2.75) is 58.7 Å². The highest BCUT2D eigenvalue weighted by Gasteiger charge is 2.50. The number of aliphatic hydroxyl groups is 1. The fraction of sp³-hybridized carbons (Fsp3) is 0.625. The normalized spacial score (nSPS) is 21.3. The van der Waals surface area contributed by atoms with Gasteiger partial charge in [-0.1, -0.05) is 12.1 Å². The zero-order valence-corrected chi connectivity index (χ0v) is 14.0. The van der Waals surface area contributed by atoms with Gasteiger partial charge in [0.15, 0.2) is 0 Å². The van der Waals surface area contributed by atoms with Crippen molar-refractivity contribution in [2.75, 3.05) is 6.61 Å². The smallest absolute Gasteiger partial charge is 0.206 e. The SMILES string of the molecule is Cc1cc(CCCO)ccc1P1OC(C)(C)C(C)(C)O1. The molecule has 1 aliphatic heterocycles. The van der Waals surface area contributed by atoms with Crippen LogP contribution < -0.4 is 5.30 Å². The van der Waals surface area contributed by atoms with Gasteiger partial charge in [0.25, 0.3) is 0 Å². The molecular weight excluding hydrogens is 271 g/mol. The van der Waals surface area contributed by atoms with Crippen molar-refractivity contribution in [3.8, 4) is 0 Å². The van der Waals surface area contributed by atoms with Crippen LogP contribution in [0.2, 0.25) is 0 Å². The van der Waals surface area contributed by atoms with E-state index in [0.29, 0.717) is 0 Å². The summed E-state index contributed by atoms with van der Waals surface area (Å²) in [7, 11) is -1.01.